The SMILES string of the molecule is CCOC(=O)[C@@H](NC(=O)c1ccccc1N=[N+]=[N-])C(C)C. The number of azide groups is 1. The van der Waals surface area contributed by atoms with Gasteiger partial charge in [0.15, 0.2) is 0 Å². The number of rotatable bonds is 6. The summed E-state index contributed by atoms with van der Waals surface area (Å²) < 4.78 is 4.94. The largest absolute Gasteiger partial charge is 0.464 e. The van der Waals surface area contributed by atoms with Crippen LogP contribution < -0.4 is 5.32 Å². The summed E-state index contributed by atoms with van der Waals surface area (Å²) in [5, 5.41) is 6.08. The second-order valence-corrected chi connectivity index (χ2v) is 4.65. The van der Waals surface area contributed by atoms with Crippen molar-refractivity contribution in [1.82, 2.24) is 5.32 Å². The standard InChI is InChI=1S/C14H18N4O3/c1-4-21-14(20)12(9(2)3)16-13(19)10-7-5-6-8-11(10)17-18-15/h5-9,12H,4H2,1-3H3,(H,16,19)/t12-/m0/s1. The van der Waals surface area contributed by atoms with Crippen molar-refractivity contribution in [2.24, 2.45) is 11.0 Å². The van der Waals surface area contributed by atoms with E-state index in [-0.39, 0.29) is 23.8 Å². The van der Waals surface area contributed by atoms with Crippen LogP contribution in [0.4, 0.5) is 5.69 Å². The van der Waals surface area contributed by atoms with E-state index in [0.29, 0.717) is 0 Å². The molecule has 0 aliphatic heterocycles. The van der Waals surface area contributed by atoms with Gasteiger partial charge >= 0.3 is 5.97 Å². The summed E-state index contributed by atoms with van der Waals surface area (Å²) in [6.07, 6.45) is 0. The zero-order chi connectivity index (χ0) is 15.8. The molecule has 1 aromatic carbocycles. The Balaban J connectivity index is 2.97. The summed E-state index contributed by atoms with van der Waals surface area (Å²) >= 11 is 0. The van der Waals surface area contributed by atoms with E-state index in [4.69, 9.17) is 10.3 Å². The molecule has 0 radical (unpaired) electrons. The Morgan fingerprint density at radius 2 is 2.05 bits per heavy atom. The Kier molecular flexibility index (Phi) is 6.23. The molecule has 0 aromatic heterocycles. The second-order valence-electron chi connectivity index (χ2n) is 4.65. The molecule has 112 valence electrons. The Hall–Kier alpha value is -2.53. The van der Waals surface area contributed by atoms with Crippen molar-refractivity contribution in [1.29, 1.82) is 0 Å². The Morgan fingerprint density at radius 1 is 1.38 bits per heavy atom. The molecular weight excluding hydrogens is 272 g/mol. The third kappa shape index (κ3) is 4.50. The fourth-order valence-corrected chi connectivity index (χ4v) is 1.75. The zero-order valence-corrected chi connectivity index (χ0v) is 12.2. The highest BCUT2D eigenvalue weighted by Crippen LogP contribution is 2.19. The van der Waals surface area contributed by atoms with Crippen LogP contribution in [0.5, 0.6) is 0 Å². The quantitative estimate of drug-likeness (QED) is 0.377. The predicted molar refractivity (Wildman–Crippen MR) is 78.0 cm³/mol. The molecule has 0 aliphatic carbocycles. The summed E-state index contributed by atoms with van der Waals surface area (Å²) in [6, 6.07) is 5.62. The molecule has 0 bridgehead atoms. The van der Waals surface area contributed by atoms with Crippen molar-refractivity contribution in [2.45, 2.75) is 26.8 Å². The van der Waals surface area contributed by atoms with Crippen LogP contribution in [-0.2, 0) is 9.53 Å². The Bertz CT molecular complexity index is 565. The molecule has 0 saturated carbocycles. The van der Waals surface area contributed by atoms with Crippen molar-refractivity contribution in [3.63, 3.8) is 0 Å². The molecule has 1 N–H and O–H groups in total. The first-order valence-electron chi connectivity index (χ1n) is 6.62. The fourth-order valence-electron chi connectivity index (χ4n) is 1.75. The van der Waals surface area contributed by atoms with Gasteiger partial charge in [-0.2, -0.15) is 0 Å². The number of nitrogens with one attached hydrogen (secondary N) is 1. The van der Waals surface area contributed by atoms with E-state index in [1.165, 1.54) is 12.1 Å². The van der Waals surface area contributed by atoms with Crippen molar-refractivity contribution in [2.75, 3.05) is 6.61 Å². The summed E-state index contributed by atoms with van der Waals surface area (Å²) in [4.78, 5) is 26.8. The molecule has 1 amide bonds. The number of carbonyl (C=O) groups excluding carboxylic acids is 2. The molecule has 0 aliphatic rings. The molecule has 7 nitrogen and oxygen atoms in total. The van der Waals surface area contributed by atoms with Gasteiger partial charge in [0.1, 0.15) is 6.04 Å². The first-order chi connectivity index (χ1) is 10.0. The van der Waals surface area contributed by atoms with Crippen LogP contribution in [0.3, 0.4) is 0 Å². The average Bonchev–Trinajstić information content (AvgIpc) is 2.45. The maximum atomic E-state index is 12.3. The lowest BCUT2D eigenvalue weighted by Gasteiger charge is -2.20. The van der Waals surface area contributed by atoms with Crippen LogP contribution in [0.25, 0.3) is 10.4 Å². The molecule has 0 fully saturated rings. The summed E-state index contributed by atoms with van der Waals surface area (Å²) in [5.41, 5.74) is 8.93. The van der Waals surface area contributed by atoms with E-state index in [2.05, 4.69) is 15.3 Å². The van der Waals surface area contributed by atoms with Crippen LogP contribution in [0.1, 0.15) is 31.1 Å². The minimum Gasteiger partial charge on any atom is -0.464 e. The van der Waals surface area contributed by atoms with Gasteiger partial charge in [-0.25, -0.2) is 4.79 Å². The minimum absolute atomic E-state index is 0.125. The summed E-state index contributed by atoms with van der Waals surface area (Å²) in [7, 11) is 0. The van der Waals surface area contributed by atoms with Crippen molar-refractivity contribution < 1.29 is 14.3 Å². The van der Waals surface area contributed by atoms with Gasteiger partial charge in [-0.15, -0.1) is 0 Å². The van der Waals surface area contributed by atoms with Gasteiger partial charge in [0.2, 0.25) is 0 Å². The first kappa shape index (κ1) is 16.5. The number of esters is 1. The lowest BCUT2D eigenvalue weighted by atomic mass is 10.0. The third-order valence-electron chi connectivity index (χ3n) is 2.79. The normalized spacial score (nSPS) is 11.4. The molecule has 0 saturated heterocycles. The predicted octanol–water partition coefficient (Wildman–Crippen LogP) is 2.95. The van der Waals surface area contributed by atoms with Crippen LogP contribution >= 0.6 is 0 Å². The van der Waals surface area contributed by atoms with Crippen LogP contribution in [-0.4, -0.2) is 24.5 Å². The Labute approximate surface area is 122 Å². The van der Waals surface area contributed by atoms with Crippen LogP contribution in [0, 0.1) is 5.92 Å². The number of ether oxygens (including phenoxy) is 1. The molecule has 0 spiro atoms. The van der Waals surface area contributed by atoms with Gasteiger partial charge in [-0.3, -0.25) is 4.79 Å². The molecule has 1 atom stereocenters. The molecule has 1 rings (SSSR count). The highest BCUT2D eigenvalue weighted by molar-refractivity contribution is 6.00. The van der Waals surface area contributed by atoms with E-state index in [1.54, 1.807) is 32.9 Å². The summed E-state index contributed by atoms with van der Waals surface area (Å²) in [6.45, 7) is 5.56. The molecule has 0 heterocycles. The van der Waals surface area contributed by atoms with Gasteiger partial charge in [0, 0.05) is 10.5 Å². The molecule has 0 unspecified atom stereocenters. The highest BCUT2D eigenvalue weighted by Gasteiger charge is 2.26. The van der Waals surface area contributed by atoms with Gasteiger partial charge < -0.3 is 10.1 Å². The number of benzene rings is 1. The lowest BCUT2D eigenvalue weighted by Crippen LogP contribution is -2.45. The number of carbonyl (C=O) groups is 2. The maximum absolute atomic E-state index is 12.3. The molecule has 1 aromatic rings. The highest BCUT2D eigenvalue weighted by atomic mass is 16.5. The van der Waals surface area contributed by atoms with Gasteiger partial charge in [-0.1, -0.05) is 37.2 Å². The second kappa shape index (κ2) is 7.91. The van der Waals surface area contributed by atoms with Gasteiger partial charge in [0.05, 0.1) is 12.3 Å². The topological polar surface area (TPSA) is 104 Å². The molecule has 7 heteroatoms. The van der Waals surface area contributed by atoms with E-state index < -0.39 is 17.9 Å². The van der Waals surface area contributed by atoms with Crippen LogP contribution in [0.2, 0.25) is 0 Å². The minimum atomic E-state index is -0.753. The number of hydrogen-bond donors (Lipinski definition) is 1. The van der Waals surface area contributed by atoms with E-state index in [9.17, 15) is 9.59 Å². The number of hydrogen-bond acceptors (Lipinski definition) is 4. The molecule has 21 heavy (non-hydrogen) atoms. The van der Waals surface area contributed by atoms with E-state index >= 15 is 0 Å². The van der Waals surface area contributed by atoms with Crippen molar-refractivity contribution in [3.8, 4) is 0 Å². The van der Waals surface area contributed by atoms with E-state index in [0.717, 1.165) is 0 Å². The average molecular weight is 290 g/mol. The molecular formula is C14H18N4O3. The Morgan fingerprint density at radius 3 is 2.62 bits per heavy atom. The summed E-state index contributed by atoms with van der Waals surface area (Å²) in [5.74, 6) is -1.09. The van der Waals surface area contributed by atoms with Gasteiger partial charge in [-0.05, 0) is 24.4 Å². The lowest BCUT2D eigenvalue weighted by molar-refractivity contribution is -0.146. The third-order valence-corrected chi connectivity index (χ3v) is 2.79. The smallest absolute Gasteiger partial charge is 0.328 e. The number of amides is 1. The van der Waals surface area contributed by atoms with Crippen molar-refractivity contribution in [3.05, 3.63) is 40.3 Å². The van der Waals surface area contributed by atoms with Gasteiger partial charge in [0.25, 0.3) is 5.91 Å². The monoisotopic (exact) mass is 290 g/mol. The van der Waals surface area contributed by atoms with E-state index in [1.807, 2.05) is 0 Å². The number of nitrogens with zero attached hydrogens (tertiary/aromatic N) is 3. The fraction of sp³-hybridized carbons (Fsp3) is 0.429. The zero-order valence-electron chi connectivity index (χ0n) is 12.2. The van der Waals surface area contributed by atoms with Crippen LogP contribution in [0.15, 0.2) is 29.4 Å². The van der Waals surface area contributed by atoms with Crippen molar-refractivity contribution >= 4 is 17.6 Å². The maximum Gasteiger partial charge on any atom is 0.328 e. The first-order valence-corrected chi connectivity index (χ1v) is 6.62.